The van der Waals surface area contributed by atoms with E-state index in [0.717, 1.165) is 26.2 Å². The molecule has 1 rings (SSSR count). The average Bonchev–Trinajstić information content (AvgIpc) is 2.36. The third kappa shape index (κ3) is 5.02. The highest BCUT2D eigenvalue weighted by Crippen LogP contribution is 2.14. The number of likely N-dealkylation sites (N-methyl/N-ethyl adjacent to an activating group) is 2. The van der Waals surface area contributed by atoms with Crippen molar-refractivity contribution in [2.75, 3.05) is 47.5 Å². The van der Waals surface area contributed by atoms with E-state index >= 15 is 0 Å². The van der Waals surface area contributed by atoms with Crippen LogP contribution in [0.25, 0.3) is 0 Å². The highest BCUT2D eigenvalue weighted by molar-refractivity contribution is 5.75. The van der Waals surface area contributed by atoms with Crippen molar-refractivity contribution in [1.29, 1.82) is 0 Å². The molecule has 1 heterocycles. The molecule has 1 aliphatic heterocycles. The number of hydrogen-bond acceptors (Lipinski definition) is 5. The van der Waals surface area contributed by atoms with Gasteiger partial charge in [-0.05, 0) is 32.9 Å². The summed E-state index contributed by atoms with van der Waals surface area (Å²) in [5.74, 6) is 0.378. The zero-order valence-electron chi connectivity index (χ0n) is 11.1. The van der Waals surface area contributed by atoms with Gasteiger partial charge in [-0.1, -0.05) is 0 Å². The Bertz CT molecular complexity index is 230. The second-order valence-corrected chi connectivity index (χ2v) is 4.67. The molecule has 0 aromatic heterocycles. The van der Waals surface area contributed by atoms with E-state index in [9.17, 15) is 4.79 Å². The molecular weight excluding hydrogens is 220 g/mol. The third-order valence-corrected chi connectivity index (χ3v) is 3.15. The van der Waals surface area contributed by atoms with Crippen molar-refractivity contribution in [3.63, 3.8) is 0 Å². The van der Waals surface area contributed by atoms with Crippen LogP contribution in [0.3, 0.4) is 0 Å². The Morgan fingerprint density at radius 2 is 2.41 bits per heavy atom. The highest BCUT2D eigenvalue weighted by Gasteiger charge is 2.21. The molecule has 0 radical (unpaired) electrons. The predicted octanol–water partition coefficient (Wildman–Crippen LogP) is 0.106. The molecule has 0 bridgehead atoms. The van der Waals surface area contributed by atoms with Crippen molar-refractivity contribution in [3.8, 4) is 0 Å². The highest BCUT2D eigenvalue weighted by atomic mass is 16.5. The molecule has 1 aliphatic rings. The summed E-state index contributed by atoms with van der Waals surface area (Å²) >= 11 is 0. The molecule has 1 fully saturated rings. The van der Waals surface area contributed by atoms with Crippen molar-refractivity contribution in [1.82, 2.24) is 10.2 Å². The molecule has 2 atom stereocenters. The third-order valence-electron chi connectivity index (χ3n) is 3.15. The summed E-state index contributed by atoms with van der Waals surface area (Å²) in [6.45, 7) is 3.36. The smallest absolute Gasteiger partial charge is 0.324 e. The molecule has 0 aromatic carbocycles. The Morgan fingerprint density at radius 1 is 1.65 bits per heavy atom. The molecule has 0 spiro atoms. The fraction of sp³-hybridized carbons (Fsp3) is 0.917. The monoisotopic (exact) mass is 244 g/mol. The molecule has 2 unspecified atom stereocenters. The van der Waals surface area contributed by atoms with Gasteiger partial charge in [0.2, 0.25) is 0 Å². The van der Waals surface area contributed by atoms with Gasteiger partial charge in [0.1, 0.15) is 6.04 Å². The second-order valence-electron chi connectivity index (χ2n) is 4.67. The Labute approximate surface area is 103 Å². The lowest BCUT2D eigenvalue weighted by Gasteiger charge is -2.28. The Balaban J connectivity index is 2.30. The molecule has 17 heavy (non-hydrogen) atoms. The van der Waals surface area contributed by atoms with Gasteiger partial charge in [-0.2, -0.15) is 0 Å². The lowest BCUT2D eigenvalue weighted by molar-refractivity contribution is -0.143. The van der Waals surface area contributed by atoms with Crippen molar-refractivity contribution >= 4 is 5.97 Å². The summed E-state index contributed by atoms with van der Waals surface area (Å²) in [4.78, 5) is 13.6. The minimum absolute atomic E-state index is 0.209. The van der Waals surface area contributed by atoms with Crippen LogP contribution >= 0.6 is 0 Å². The Kier molecular flexibility index (Phi) is 6.47. The number of nitrogens with one attached hydrogen (secondary N) is 1. The normalized spacial score (nSPS) is 22.5. The van der Waals surface area contributed by atoms with E-state index in [1.54, 1.807) is 7.05 Å². The van der Waals surface area contributed by atoms with Crippen LogP contribution in [-0.4, -0.2) is 64.4 Å². The van der Waals surface area contributed by atoms with Gasteiger partial charge in [0.25, 0.3) is 0 Å². The van der Waals surface area contributed by atoms with Crippen molar-refractivity contribution < 1.29 is 14.3 Å². The van der Waals surface area contributed by atoms with E-state index in [0.29, 0.717) is 12.5 Å². The first kappa shape index (κ1) is 14.4. The summed E-state index contributed by atoms with van der Waals surface area (Å²) in [6.07, 6.45) is 2.36. The summed E-state index contributed by atoms with van der Waals surface area (Å²) in [6, 6.07) is -0.255. The minimum atomic E-state index is -0.255. The van der Waals surface area contributed by atoms with Crippen molar-refractivity contribution in [2.24, 2.45) is 5.92 Å². The molecule has 1 saturated heterocycles. The number of ether oxygens (including phenoxy) is 2. The van der Waals surface area contributed by atoms with Crippen LogP contribution in [0.4, 0.5) is 0 Å². The summed E-state index contributed by atoms with van der Waals surface area (Å²) in [7, 11) is 5.22. The number of hydrogen-bond donors (Lipinski definition) is 1. The first-order valence-corrected chi connectivity index (χ1v) is 6.18. The van der Waals surface area contributed by atoms with Crippen LogP contribution in [0.2, 0.25) is 0 Å². The van der Waals surface area contributed by atoms with Crippen molar-refractivity contribution in [2.45, 2.75) is 18.9 Å². The fourth-order valence-corrected chi connectivity index (χ4v) is 2.20. The van der Waals surface area contributed by atoms with Crippen LogP contribution < -0.4 is 5.32 Å². The van der Waals surface area contributed by atoms with Gasteiger partial charge in [0, 0.05) is 19.7 Å². The number of methoxy groups -OCH3 is 1. The zero-order chi connectivity index (χ0) is 12.7. The van der Waals surface area contributed by atoms with Crippen LogP contribution in [0.1, 0.15) is 12.8 Å². The van der Waals surface area contributed by atoms with E-state index < -0.39 is 0 Å². The molecular formula is C12H24N2O3. The van der Waals surface area contributed by atoms with Crippen molar-refractivity contribution in [3.05, 3.63) is 0 Å². The fourth-order valence-electron chi connectivity index (χ4n) is 2.20. The molecule has 0 amide bonds. The Morgan fingerprint density at radius 3 is 2.94 bits per heavy atom. The van der Waals surface area contributed by atoms with Crippen LogP contribution in [-0.2, 0) is 14.3 Å². The van der Waals surface area contributed by atoms with E-state index in [-0.39, 0.29) is 12.0 Å². The SMILES string of the molecule is CNC(CN(C)CC1CCCOC1)C(=O)OC. The number of nitrogens with zero attached hydrogens (tertiary/aromatic N) is 1. The van der Waals surface area contributed by atoms with Gasteiger partial charge in [-0.3, -0.25) is 4.79 Å². The van der Waals surface area contributed by atoms with Gasteiger partial charge < -0.3 is 19.7 Å². The van der Waals surface area contributed by atoms with Crippen LogP contribution in [0.5, 0.6) is 0 Å². The molecule has 1 N–H and O–H groups in total. The lowest BCUT2D eigenvalue weighted by atomic mass is 10.0. The molecule has 0 aliphatic carbocycles. The maximum atomic E-state index is 11.4. The van der Waals surface area contributed by atoms with Gasteiger partial charge in [-0.25, -0.2) is 0 Å². The number of rotatable bonds is 6. The first-order chi connectivity index (χ1) is 8.17. The van der Waals surface area contributed by atoms with Gasteiger partial charge in [0.05, 0.1) is 13.7 Å². The average molecular weight is 244 g/mol. The molecule has 0 saturated carbocycles. The molecule has 0 aromatic rings. The van der Waals surface area contributed by atoms with E-state index in [1.807, 2.05) is 7.05 Å². The zero-order valence-corrected chi connectivity index (χ0v) is 11.1. The lowest BCUT2D eigenvalue weighted by Crippen LogP contribution is -2.45. The van der Waals surface area contributed by atoms with E-state index in [1.165, 1.54) is 13.5 Å². The molecule has 100 valence electrons. The minimum Gasteiger partial charge on any atom is -0.468 e. The van der Waals surface area contributed by atoms with E-state index in [4.69, 9.17) is 9.47 Å². The van der Waals surface area contributed by atoms with E-state index in [2.05, 4.69) is 10.2 Å². The van der Waals surface area contributed by atoms with Gasteiger partial charge in [0.15, 0.2) is 0 Å². The van der Waals surface area contributed by atoms with Gasteiger partial charge in [-0.15, -0.1) is 0 Å². The summed E-state index contributed by atoms with van der Waals surface area (Å²) < 4.78 is 10.2. The first-order valence-electron chi connectivity index (χ1n) is 6.18. The summed E-state index contributed by atoms with van der Waals surface area (Å²) in [5.41, 5.74) is 0. The number of esters is 1. The topological polar surface area (TPSA) is 50.8 Å². The predicted molar refractivity (Wildman–Crippen MR) is 65.9 cm³/mol. The van der Waals surface area contributed by atoms with Crippen LogP contribution in [0, 0.1) is 5.92 Å². The largest absolute Gasteiger partial charge is 0.468 e. The second kappa shape index (κ2) is 7.63. The Hall–Kier alpha value is -0.650. The number of carbonyl (C=O) groups excluding carboxylic acids is 1. The maximum Gasteiger partial charge on any atom is 0.324 e. The van der Waals surface area contributed by atoms with Gasteiger partial charge >= 0.3 is 5.97 Å². The maximum absolute atomic E-state index is 11.4. The molecule has 5 nitrogen and oxygen atoms in total. The van der Waals surface area contributed by atoms with Crippen LogP contribution in [0.15, 0.2) is 0 Å². The standard InChI is InChI=1S/C12H24N2O3/c1-13-11(12(15)16-3)8-14(2)7-10-5-4-6-17-9-10/h10-11,13H,4-9H2,1-3H3. The summed E-state index contributed by atoms with van der Waals surface area (Å²) in [5, 5.41) is 2.97. The molecule has 5 heteroatoms. The number of carbonyl (C=O) groups is 1. The quantitative estimate of drug-likeness (QED) is 0.672.